The number of ether oxygens (including phenoxy) is 1. The highest BCUT2D eigenvalue weighted by molar-refractivity contribution is 9.10. The van der Waals surface area contributed by atoms with Crippen LogP contribution in [0, 0.1) is 5.82 Å². The molecule has 0 bridgehead atoms. The van der Waals surface area contributed by atoms with Gasteiger partial charge < -0.3 is 9.64 Å². The van der Waals surface area contributed by atoms with Gasteiger partial charge in [-0.1, -0.05) is 29.8 Å². The molecule has 0 radical (unpaired) electrons. The summed E-state index contributed by atoms with van der Waals surface area (Å²) in [5.74, 6) is -0.812. The lowest BCUT2D eigenvalue weighted by Gasteiger charge is -2.22. The van der Waals surface area contributed by atoms with Gasteiger partial charge in [-0.15, -0.1) is 0 Å². The summed E-state index contributed by atoms with van der Waals surface area (Å²) in [4.78, 5) is 14.2. The van der Waals surface area contributed by atoms with Gasteiger partial charge in [-0.25, -0.2) is 9.18 Å². The molecule has 6 heteroatoms. The van der Waals surface area contributed by atoms with Crippen LogP contribution in [0.3, 0.4) is 0 Å². The molecule has 4 nitrogen and oxygen atoms in total. The quantitative estimate of drug-likeness (QED) is 0.723. The molecule has 0 aromatic heterocycles. The Balaban J connectivity index is 2.81. The summed E-state index contributed by atoms with van der Waals surface area (Å²) >= 11 is 3.35. The summed E-state index contributed by atoms with van der Waals surface area (Å²) < 4.78 is 18.9. The van der Waals surface area contributed by atoms with Gasteiger partial charge in [0.25, 0.3) is 0 Å². The maximum atomic E-state index is 13.4. The van der Waals surface area contributed by atoms with E-state index in [9.17, 15) is 9.18 Å². The predicted molar refractivity (Wildman–Crippen MR) is 84.6 cm³/mol. The smallest absolute Gasteiger partial charge is 0.327 e. The van der Waals surface area contributed by atoms with E-state index in [4.69, 9.17) is 4.74 Å². The molecule has 1 atom stereocenters. The molecule has 0 aliphatic heterocycles. The van der Waals surface area contributed by atoms with Crippen LogP contribution in [0.1, 0.15) is 25.5 Å². The lowest BCUT2D eigenvalue weighted by Crippen LogP contribution is -2.37. The van der Waals surface area contributed by atoms with Gasteiger partial charge in [0, 0.05) is 17.6 Å². The first-order valence-electron chi connectivity index (χ1n) is 7.01. The number of esters is 1. The van der Waals surface area contributed by atoms with E-state index in [1.807, 2.05) is 0 Å². The molecule has 1 N–H and O–H groups in total. The standard InChI is InChI=1S/C15H22BrFN2O2/c1-4-19(5-2)9-8-18-14(15(20)21-3)12-10-11(17)6-7-13(12)16/h6-7,10,14,18H,4-5,8-9H2,1-3H3. The van der Waals surface area contributed by atoms with Crippen LogP contribution in [0.25, 0.3) is 0 Å². The summed E-state index contributed by atoms with van der Waals surface area (Å²) in [5.41, 5.74) is 0.543. The molecule has 0 fully saturated rings. The molecule has 118 valence electrons. The second-order valence-electron chi connectivity index (χ2n) is 4.60. The van der Waals surface area contributed by atoms with Crippen LogP contribution in [0.5, 0.6) is 0 Å². The van der Waals surface area contributed by atoms with Gasteiger partial charge in [-0.3, -0.25) is 5.32 Å². The number of hydrogen-bond donors (Lipinski definition) is 1. The Bertz CT molecular complexity index is 467. The molecule has 0 amide bonds. The SMILES string of the molecule is CCN(CC)CCNC(C(=O)OC)c1cc(F)ccc1Br. The second-order valence-corrected chi connectivity index (χ2v) is 5.46. The molecule has 0 aliphatic carbocycles. The van der Waals surface area contributed by atoms with Gasteiger partial charge in [0.2, 0.25) is 0 Å². The molecule has 21 heavy (non-hydrogen) atoms. The number of halogens is 2. The number of rotatable bonds is 8. The Morgan fingerprint density at radius 3 is 2.67 bits per heavy atom. The van der Waals surface area contributed by atoms with Crippen LogP contribution in [0.2, 0.25) is 0 Å². The Labute approximate surface area is 133 Å². The van der Waals surface area contributed by atoms with Crippen molar-refractivity contribution in [1.29, 1.82) is 0 Å². The van der Waals surface area contributed by atoms with Crippen LogP contribution in [-0.2, 0) is 9.53 Å². The largest absolute Gasteiger partial charge is 0.468 e. The maximum absolute atomic E-state index is 13.4. The van der Waals surface area contributed by atoms with Crippen molar-refractivity contribution < 1.29 is 13.9 Å². The van der Waals surface area contributed by atoms with Crippen molar-refractivity contribution in [2.75, 3.05) is 33.3 Å². The third-order valence-corrected chi connectivity index (χ3v) is 4.10. The van der Waals surface area contributed by atoms with Gasteiger partial charge in [0.15, 0.2) is 0 Å². The monoisotopic (exact) mass is 360 g/mol. The van der Waals surface area contributed by atoms with E-state index < -0.39 is 12.0 Å². The zero-order chi connectivity index (χ0) is 15.8. The van der Waals surface area contributed by atoms with E-state index in [1.165, 1.54) is 19.2 Å². The number of carbonyl (C=O) groups excluding carboxylic acids is 1. The highest BCUT2D eigenvalue weighted by Crippen LogP contribution is 2.25. The Kier molecular flexibility index (Phi) is 7.85. The minimum absolute atomic E-state index is 0.382. The zero-order valence-electron chi connectivity index (χ0n) is 12.7. The van der Waals surface area contributed by atoms with Crippen molar-refractivity contribution in [1.82, 2.24) is 10.2 Å². The van der Waals surface area contributed by atoms with Gasteiger partial charge in [-0.05, 0) is 36.9 Å². The van der Waals surface area contributed by atoms with Crippen LogP contribution < -0.4 is 5.32 Å². The topological polar surface area (TPSA) is 41.6 Å². The van der Waals surface area contributed by atoms with Crippen molar-refractivity contribution in [3.63, 3.8) is 0 Å². The lowest BCUT2D eigenvalue weighted by molar-refractivity contribution is -0.143. The van der Waals surface area contributed by atoms with Crippen LogP contribution in [-0.4, -0.2) is 44.2 Å². The highest BCUT2D eigenvalue weighted by Gasteiger charge is 2.23. The fraction of sp³-hybridized carbons (Fsp3) is 0.533. The first-order chi connectivity index (χ1) is 10.0. The van der Waals surface area contributed by atoms with Crippen LogP contribution in [0.15, 0.2) is 22.7 Å². The molecule has 1 unspecified atom stereocenters. The molecule has 1 aromatic carbocycles. The summed E-state index contributed by atoms with van der Waals surface area (Å²) in [5, 5.41) is 3.14. The van der Waals surface area contributed by atoms with E-state index in [0.717, 1.165) is 19.6 Å². The molecule has 0 heterocycles. The number of nitrogens with one attached hydrogen (secondary N) is 1. The predicted octanol–water partition coefficient (Wildman–Crippen LogP) is 2.73. The molecule has 0 spiro atoms. The molecule has 0 saturated carbocycles. The van der Waals surface area contributed by atoms with Crippen LogP contribution >= 0.6 is 15.9 Å². The van der Waals surface area contributed by atoms with Crippen molar-refractivity contribution in [2.45, 2.75) is 19.9 Å². The second kappa shape index (κ2) is 9.12. The number of likely N-dealkylation sites (N-methyl/N-ethyl adjacent to an activating group) is 1. The molecular weight excluding hydrogens is 339 g/mol. The number of methoxy groups -OCH3 is 1. The molecule has 0 aliphatic rings. The van der Waals surface area contributed by atoms with E-state index in [2.05, 4.69) is 40.0 Å². The normalized spacial score (nSPS) is 12.5. The summed E-state index contributed by atoms with van der Waals surface area (Å²) in [6.07, 6.45) is 0. The Morgan fingerprint density at radius 2 is 2.10 bits per heavy atom. The molecule has 1 aromatic rings. The third kappa shape index (κ3) is 5.37. The minimum atomic E-state index is -0.685. The fourth-order valence-electron chi connectivity index (χ4n) is 2.08. The number of nitrogens with zero attached hydrogens (tertiary/aromatic N) is 1. The van der Waals surface area contributed by atoms with Gasteiger partial charge in [0.05, 0.1) is 7.11 Å². The van der Waals surface area contributed by atoms with E-state index in [-0.39, 0.29) is 5.82 Å². The van der Waals surface area contributed by atoms with Crippen molar-refractivity contribution >= 4 is 21.9 Å². The van der Waals surface area contributed by atoms with Gasteiger partial charge in [0.1, 0.15) is 11.9 Å². The fourth-order valence-corrected chi connectivity index (χ4v) is 2.56. The number of hydrogen-bond acceptors (Lipinski definition) is 4. The van der Waals surface area contributed by atoms with Crippen molar-refractivity contribution in [3.05, 3.63) is 34.1 Å². The maximum Gasteiger partial charge on any atom is 0.327 e. The molecular formula is C15H22BrFN2O2. The molecule has 1 rings (SSSR count). The van der Waals surface area contributed by atoms with Gasteiger partial charge in [-0.2, -0.15) is 0 Å². The minimum Gasteiger partial charge on any atom is -0.468 e. The average Bonchev–Trinajstić information content (AvgIpc) is 2.49. The zero-order valence-corrected chi connectivity index (χ0v) is 14.2. The average molecular weight is 361 g/mol. The third-order valence-electron chi connectivity index (χ3n) is 3.38. The molecule has 0 saturated heterocycles. The highest BCUT2D eigenvalue weighted by atomic mass is 79.9. The Morgan fingerprint density at radius 1 is 1.43 bits per heavy atom. The summed E-state index contributed by atoms with van der Waals surface area (Å²) in [6.45, 7) is 7.50. The summed E-state index contributed by atoms with van der Waals surface area (Å²) in [6, 6.07) is 3.59. The Hall–Kier alpha value is -0.980. The van der Waals surface area contributed by atoms with Crippen molar-refractivity contribution in [3.8, 4) is 0 Å². The van der Waals surface area contributed by atoms with E-state index >= 15 is 0 Å². The van der Waals surface area contributed by atoms with E-state index in [1.54, 1.807) is 6.07 Å². The van der Waals surface area contributed by atoms with Gasteiger partial charge >= 0.3 is 5.97 Å². The summed E-state index contributed by atoms with van der Waals surface area (Å²) in [7, 11) is 1.33. The first-order valence-corrected chi connectivity index (χ1v) is 7.81. The number of benzene rings is 1. The van der Waals surface area contributed by atoms with Crippen molar-refractivity contribution in [2.24, 2.45) is 0 Å². The van der Waals surface area contributed by atoms with Crippen LogP contribution in [0.4, 0.5) is 4.39 Å². The van der Waals surface area contributed by atoms with E-state index in [0.29, 0.717) is 16.6 Å². The lowest BCUT2D eigenvalue weighted by atomic mass is 10.1. The first kappa shape index (κ1) is 18.1. The number of carbonyl (C=O) groups is 1.